The largest absolute Gasteiger partial charge is 0.507 e. The van der Waals surface area contributed by atoms with Gasteiger partial charge in [0.1, 0.15) is 11.5 Å². The first-order valence-electron chi connectivity index (χ1n) is 4.92. The van der Waals surface area contributed by atoms with Crippen LogP contribution < -0.4 is 10.1 Å². The molecule has 1 aromatic rings. The fourth-order valence-corrected chi connectivity index (χ4v) is 1.42. The standard InChI is InChI=1S/C11H15F2NO2/c1-14-4-3-7-5-8(16-2)6-9(10(7)15)11(12)13/h5-6,11,14-15H,3-4H2,1-2H3. The summed E-state index contributed by atoms with van der Waals surface area (Å²) >= 11 is 0. The van der Waals surface area contributed by atoms with Gasteiger partial charge < -0.3 is 15.2 Å². The van der Waals surface area contributed by atoms with E-state index in [1.165, 1.54) is 7.11 Å². The molecule has 0 aliphatic heterocycles. The molecule has 1 aromatic carbocycles. The monoisotopic (exact) mass is 231 g/mol. The van der Waals surface area contributed by atoms with E-state index < -0.39 is 6.43 Å². The highest BCUT2D eigenvalue weighted by Crippen LogP contribution is 2.35. The van der Waals surface area contributed by atoms with Crippen LogP contribution in [0.2, 0.25) is 0 Å². The second-order valence-corrected chi connectivity index (χ2v) is 3.38. The van der Waals surface area contributed by atoms with Crippen LogP contribution in [-0.2, 0) is 6.42 Å². The van der Waals surface area contributed by atoms with Crippen LogP contribution in [0.5, 0.6) is 11.5 Å². The van der Waals surface area contributed by atoms with Crippen LogP contribution in [0.15, 0.2) is 12.1 Å². The molecule has 90 valence electrons. The molecule has 0 saturated heterocycles. The Morgan fingerprint density at radius 3 is 2.62 bits per heavy atom. The Kier molecular flexibility index (Phi) is 4.49. The predicted octanol–water partition coefficient (Wildman–Crippen LogP) is 2.10. The van der Waals surface area contributed by atoms with Gasteiger partial charge in [0.2, 0.25) is 0 Å². The number of hydrogen-bond acceptors (Lipinski definition) is 3. The minimum absolute atomic E-state index is 0.333. The van der Waals surface area contributed by atoms with E-state index in [9.17, 15) is 13.9 Å². The lowest BCUT2D eigenvalue weighted by Gasteiger charge is -2.12. The first kappa shape index (κ1) is 12.7. The summed E-state index contributed by atoms with van der Waals surface area (Å²) in [7, 11) is 3.16. The Morgan fingerprint density at radius 2 is 2.12 bits per heavy atom. The number of halogens is 2. The van der Waals surface area contributed by atoms with Crippen molar-refractivity contribution in [3.8, 4) is 11.5 Å². The topological polar surface area (TPSA) is 41.5 Å². The van der Waals surface area contributed by atoms with Crippen molar-refractivity contribution in [2.75, 3.05) is 20.7 Å². The number of nitrogens with one attached hydrogen (secondary N) is 1. The molecule has 0 amide bonds. The smallest absolute Gasteiger partial charge is 0.267 e. The number of ether oxygens (including phenoxy) is 1. The third-order valence-electron chi connectivity index (χ3n) is 2.31. The Hall–Kier alpha value is -1.36. The highest BCUT2D eigenvalue weighted by molar-refractivity contribution is 5.47. The first-order valence-corrected chi connectivity index (χ1v) is 4.92. The molecule has 0 radical (unpaired) electrons. The van der Waals surface area contributed by atoms with Crippen molar-refractivity contribution in [3.63, 3.8) is 0 Å². The van der Waals surface area contributed by atoms with Gasteiger partial charge in [-0.1, -0.05) is 0 Å². The lowest BCUT2D eigenvalue weighted by Crippen LogP contribution is -2.10. The zero-order chi connectivity index (χ0) is 12.1. The van der Waals surface area contributed by atoms with Crippen LogP contribution in [0.25, 0.3) is 0 Å². The number of methoxy groups -OCH3 is 1. The molecule has 0 unspecified atom stereocenters. The number of phenols is 1. The van der Waals surface area contributed by atoms with Gasteiger partial charge >= 0.3 is 0 Å². The molecule has 0 saturated carbocycles. The van der Waals surface area contributed by atoms with Gasteiger partial charge in [0.25, 0.3) is 6.43 Å². The summed E-state index contributed by atoms with van der Waals surface area (Å²) in [6, 6.07) is 2.72. The average Bonchev–Trinajstić information content (AvgIpc) is 2.27. The van der Waals surface area contributed by atoms with E-state index in [-0.39, 0.29) is 11.3 Å². The molecule has 1 rings (SSSR count). The zero-order valence-corrected chi connectivity index (χ0v) is 9.26. The number of alkyl halides is 2. The van der Waals surface area contributed by atoms with Gasteiger partial charge in [0, 0.05) is 0 Å². The van der Waals surface area contributed by atoms with E-state index in [0.717, 1.165) is 6.07 Å². The highest BCUT2D eigenvalue weighted by atomic mass is 19.3. The van der Waals surface area contributed by atoms with Crippen molar-refractivity contribution >= 4 is 0 Å². The number of aromatic hydroxyl groups is 1. The Morgan fingerprint density at radius 1 is 1.44 bits per heavy atom. The van der Waals surface area contributed by atoms with Crippen molar-refractivity contribution in [1.29, 1.82) is 0 Å². The van der Waals surface area contributed by atoms with Crippen molar-refractivity contribution in [1.82, 2.24) is 5.32 Å². The van der Waals surface area contributed by atoms with Gasteiger partial charge in [0.15, 0.2) is 0 Å². The predicted molar refractivity (Wildman–Crippen MR) is 57.2 cm³/mol. The molecule has 3 nitrogen and oxygen atoms in total. The van der Waals surface area contributed by atoms with Gasteiger partial charge in [-0.2, -0.15) is 0 Å². The second kappa shape index (κ2) is 5.65. The van der Waals surface area contributed by atoms with E-state index in [2.05, 4.69) is 5.32 Å². The number of rotatable bonds is 5. The Bertz CT molecular complexity index is 356. The zero-order valence-electron chi connectivity index (χ0n) is 9.26. The SMILES string of the molecule is CNCCc1cc(OC)cc(C(F)F)c1O. The third-order valence-corrected chi connectivity index (χ3v) is 2.31. The molecular weight excluding hydrogens is 216 g/mol. The minimum atomic E-state index is -2.71. The quantitative estimate of drug-likeness (QED) is 0.815. The molecule has 16 heavy (non-hydrogen) atoms. The molecule has 0 aliphatic rings. The molecule has 5 heteroatoms. The van der Waals surface area contributed by atoms with Crippen molar-refractivity contribution in [2.24, 2.45) is 0 Å². The number of likely N-dealkylation sites (N-methyl/N-ethyl adjacent to an activating group) is 1. The second-order valence-electron chi connectivity index (χ2n) is 3.38. The third kappa shape index (κ3) is 2.82. The van der Waals surface area contributed by atoms with E-state index in [0.29, 0.717) is 24.3 Å². The van der Waals surface area contributed by atoms with E-state index >= 15 is 0 Å². The van der Waals surface area contributed by atoms with Crippen LogP contribution in [0.4, 0.5) is 8.78 Å². The average molecular weight is 231 g/mol. The molecule has 0 spiro atoms. The van der Waals surface area contributed by atoms with Crippen molar-refractivity contribution in [3.05, 3.63) is 23.3 Å². The van der Waals surface area contributed by atoms with Crippen LogP contribution in [0.1, 0.15) is 17.6 Å². The molecule has 0 fully saturated rings. The molecule has 0 atom stereocenters. The number of benzene rings is 1. The van der Waals surface area contributed by atoms with Gasteiger partial charge in [-0.15, -0.1) is 0 Å². The summed E-state index contributed by atoms with van der Waals surface area (Å²) in [6.45, 7) is 0.601. The maximum Gasteiger partial charge on any atom is 0.267 e. The summed E-state index contributed by atoms with van der Waals surface area (Å²) in [5, 5.41) is 12.5. The molecule has 2 N–H and O–H groups in total. The molecule has 0 heterocycles. The van der Waals surface area contributed by atoms with E-state index in [1.54, 1.807) is 13.1 Å². The fourth-order valence-electron chi connectivity index (χ4n) is 1.42. The summed E-state index contributed by atoms with van der Waals surface area (Å²) in [6.07, 6.45) is -2.23. The molecule has 0 bridgehead atoms. The van der Waals surface area contributed by atoms with E-state index in [4.69, 9.17) is 4.74 Å². The fraction of sp³-hybridized carbons (Fsp3) is 0.455. The van der Waals surface area contributed by atoms with Gasteiger partial charge in [-0.25, -0.2) is 8.78 Å². The van der Waals surface area contributed by atoms with Crippen molar-refractivity contribution in [2.45, 2.75) is 12.8 Å². The number of phenolic OH excluding ortho intramolecular Hbond substituents is 1. The minimum Gasteiger partial charge on any atom is -0.507 e. The first-order chi connectivity index (χ1) is 7.60. The highest BCUT2D eigenvalue weighted by Gasteiger charge is 2.17. The maximum atomic E-state index is 12.6. The summed E-state index contributed by atoms with van der Waals surface area (Å²) in [4.78, 5) is 0. The van der Waals surface area contributed by atoms with Gasteiger partial charge in [-0.3, -0.25) is 0 Å². The molecular formula is C11H15F2NO2. The summed E-state index contributed by atoms with van der Waals surface area (Å²) in [5.74, 6) is -0.00902. The van der Waals surface area contributed by atoms with Crippen LogP contribution in [0, 0.1) is 0 Å². The normalized spacial score (nSPS) is 10.8. The van der Waals surface area contributed by atoms with E-state index in [1.807, 2.05) is 0 Å². The molecule has 0 aliphatic carbocycles. The van der Waals surface area contributed by atoms with Gasteiger partial charge in [-0.05, 0) is 37.7 Å². The van der Waals surface area contributed by atoms with Crippen LogP contribution in [-0.4, -0.2) is 25.8 Å². The van der Waals surface area contributed by atoms with Gasteiger partial charge in [0.05, 0.1) is 12.7 Å². The lowest BCUT2D eigenvalue weighted by molar-refractivity contribution is 0.147. The summed E-state index contributed by atoms with van der Waals surface area (Å²) < 4.78 is 30.1. The Balaban J connectivity index is 3.10. The van der Waals surface area contributed by atoms with Crippen LogP contribution >= 0.6 is 0 Å². The Labute approximate surface area is 93.0 Å². The summed E-state index contributed by atoms with van der Waals surface area (Å²) in [5.41, 5.74) is 0.0782. The maximum absolute atomic E-state index is 12.6. The van der Waals surface area contributed by atoms with Crippen LogP contribution in [0.3, 0.4) is 0 Å². The lowest BCUT2D eigenvalue weighted by atomic mass is 10.1. The van der Waals surface area contributed by atoms with Crippen molar-refractivity contribution < 1.29 is 18.6 Å². The molecule has 0 aromatic heterocycles. The number of hydrogen-bond donors (Lipinski definition) is 2.